The summed E-state index contributed by atoms with van der Waals surface area (Å²) in [5.41, 5.74) is 3.02. The van der Waals surface area contributed by atoms with Crippen molar-refractivity contribution in [2.45, 2.75) is 26.2 Å². The zero-order chi connectivity index (χ0) is 14.4. The molecule has 1 aliphatic heterocycles. The largest absolute Gasteiger partial charge is 0.447 e. The lowest BCUT2D eigenvalue weighted by Crippen LogP contribution is -2.24. The van der Waals surface area contributed by atoms with Gasteiger partial charge >= 0.3 is 6.09 Å². The first-order valence-electron chi connectivity index (χ1n) is 7.12. The van der Waals surface area contributed by atoms with E-state index in [0.29, 0.717) is 13.2 Å². The normalized spacial score (nSPS) is 14.5. The molecule has 110 valence electrons. The molecule has 1 saturated heterocycles. The number of amides is 1. The average Bonchev–Trinajstić information content (AvgIpc) is 2.86. The van der Waals surface area contributed by atoms with Crippen LogP contribution in [0.4, 0.5) is 16.2 Å². The molecule has 5 heteroatoms. The second-order valence-corrected chi connectivity index (χ2v) is 4.93. The number of rotatable bonds is 7. The van der Waals surface area contributed by atoms with Crippen LogP contribution in [-0.4, -0.2) is 37.5 Å². The molecule has 20 heavy (non-hydrogen) atoms. The predicted octanol–water partition coefficient (Wildman–Crippen LogP) is 2.53. The van der Waals surface area contributed by atoms with Crippen LogP contribution in [0.25, 0.3) is 0 Å². The van der Waals surface area contributed by atoms with Gasteiger partial charge < -0.3 is 15.2 Å². The van der Waals surface area contributed by atoms with E-state index in [1.807, 2.05) is 25.1 Å². The fourth-order valence-electron chi connectivity index (χ4n) is 2.36. The minimum atomic E-state index is -0.270. The molecule has 0 aromatic heterocycles. The van der Waals surface area contributed by atoms with Crippen LogP contribution < -0.4 is 10.2 Å². The minimum Gasteiger partial charge on any atom is -0.447 e. The highest BCUT2D eigenvalue weighted by Gasteiger charge is 2.25. The fourth-order valence-corrected chi connectivity index (χ4v) is 2.36. The summed E-state index contributed by atoms with van der Waals surface area (Å²) in [4.78, 5) is 13.3. The number of carbonyl (C=O) groups is 1. The van der Waals surface area contributed by atoms with Gasteiger partial charge in [-0.05, 0) is 43.9 Å². The van der Waals surface area contributed by atoms with Crippen LogP contribution in [0.1, 0.15) is 24.8 Å². The van der Waals surface area contributed by atoms with Gasteiger partial charge in [0.25, 0.3) is 0 Å². The van der Waals surface area contributed by atoms with E-state index in [2.05, 4.69) is 5.32 Å². The van der Waals surface area contributed by atoms with Gasteiger partial charge in [0.1, 0.15) is 6.61 Å². The molecule has 1 amide bonds. The van der Waals surface area contributed by atoms with Gasteiger partial charge in [-0.3, -0.25) is 4.90 Å². The average molecular weight is 278 g/mol. The van der Waals surface area contributed by atoms with E-state index in [1.54, 1.807) is 4.90 Å². The Morgan fingerprint density at radius 2 is 2.20 bits per heavy atom. The Hall–Kier alpha value is -1.75. The summed E-state index contributed by atoms with van der Waals surface area (Å²) >= 11 is 0. The maximum Gasteiger partial charge on any atom is 0.414 e. The number of nitrogens with zero attached hydrogens (tertiary/aromatic N) is 1. The van der Waals surface area contributed by atoms with Crippen molar-refractivity contribution >= 4 is 17.5 Å². The van der Waals surface area contributed by atoms with E-state index in [9.17, 15) is 4.79 Å². The third-order valence-electron chi connectivity index (χ3n) is 3.51. The zero-order valence-electron chi connectivity index (χ0n) is 11.9. The number of hydrogen-bond acceptors (Lipinski definition) is 4. The van der Waals surface area contributed by atoms with E-state index < -0.39 is 0 Å². The summed E-state index contributed by atoms with van der Waals surface area (Å²) in [6.07, 6.45) is 2.62. The Morgan fingerprint density at radius 1 is 1.35 bits per heavy atom. The lowest BCUT2D eigenvalue weighted by Gasteiger charge is -2.18. The maximum atomic E-state index is 11.6. The highest BCUT2D eigenvalue weighted by Crippen LogP contribution is 2.28. The van der Waals surface area contributed by atoms with E-state index in [0.717, 1.165) is 42.7 Å². The van der Waals surface area contributed by atoms with Crippen LogP contribution >= 0.6 is 0 Å². The molecule has 1 aliphatic rings. The summed E-state index contributed by atoms with van der Waals surface area (Å²) in [7, 11) is 0. The van der Waals surface area contributed by atoms with Crippen molar-refractivity contribution in [1.82, 2.24) is 0 Å². The smallest absolute Gasteiger partial charge is 0.414 e. The van der Waals surface area contributed by atoms with Gasteiger partial charge in [-0.2, -0.15) is 0 Å². The van der Waals surface area contributed by atoms with Gasteiger partial charge in [0.05, 0.1) is 12.2 Å². The Bertz CT molecular complexity index is 462. The van der Waals surface area contributed by atoms with Gasteiger partial charge in [0.2, 0.25) is 0 Å². The van der Waals surface area contributed by atoms with Crippen molar-refractivity contribution < 1.29 is 14.6 Å². The fraction of sp³-hybridized carbons (Fsp3) is 0.533. The molecule has 1 fully saturated rings. The summed E-state index contributed by atoms with van der Waals surface area (Å²) in [5, 5.41) is 12.1. The summed E-state index contributed by atoms with van der Waals surface area (Å²) < 4.78 is 4.98. The Kier molecular flexibility index (Phi) is 5.24. The topological polar surface area (TPSA) is 61.8 Å². The van der Waals surface area contributed by atoms with E-state index in [4.69, 9.17) is 9.84 Å². The molecule has 0 unspecified atom stereocenters. The number of unbranched alkanes of at least 4 members (excludes halogenated alkanes) is 2. The number of cyclic esters (lactones) is 1. The Balaban J connectivity index is 1.98. The van der Waals surface area contributed by atoms with Crippen LogP contribution in [0.5, 0.6) is 0 Å². The maximum absolute atomic E-state index is 11.6. The third-order valence-corrected chi connectivity index (χ3v) is 3.51. The second kappa shape index (κ2) is 7.14. The van der Waals surface area contributed by atoms with E-state index >= 15 is 0 Å². The number of nitrogens with one attached hydrogen (secondary N) is 1. The van der Waals surface area contributed by atoms with Crippen LogP contribution in [0.15, 0.2) is 18.2 Å². The number of ether oxygens (including phenoxy) is 1. The number of anilines is 2. The third kappa shape index (κ3) is 3.42. The summed E-state index contributed by atoms with van der Waals surface area (Å²) in [5.74, 6) is 0. The molecule has 5 nitrogen and oxygen atoms in total. The standard InChI is InChI=1S/C15H22N2O3/c1-12-13(16-8-3-2-4-10-18)6-5-7-14(12)17-9-11-20-15(17)19/h5-7,16,18H,2-4,8-11H2,1H3. The Labute approximate surface area is 119 Å². The molecule has 1 heterocycles. The highest BCUT2D eigenvalue weighted by molar-refractivity contribution is 5.91. The van der Waals surface area contributed by atoms with Crippen LogP contribution in [0.3, 0.4) is 0 Å². The molecule has 0 saturated carbocycles. The molecule has 0 bridgehead atoms. The van der Waals surface area contributed by atoms with Gasteiger partial charge in [0, 0.05) is 18.8 Å². The van der Waals surface area contributed by atoms with Crippen LogP contribution in [-0.2, 0) is 4.74 Å². The number of benzene rings is 1. The van der Waals surface area contributed by atoms with Crippen molar-refractivity contribution in [2.75, 3.05) is 36.5 Å². The number of aliphatic hydroxyl groups is 1. The van der Waals surface area contributed by atoms with Gasteiger partial charge in [-0.1, -0.05) is 6.07 Å². The lowest BCUT2D eigenvalue weighted by molar-refractivity contribution is 0.181. The summed E-state index contributed by atoms with van der Waals surface area (Å²) in [6.45, 7) is 4.20. The van der Waals surface area contributed by atoms with Gasteiger partial charge in [-0.15, -0.1) is 0 Å². The number of hydrogen-bond donors (Lipinski definition) is 2. The Morgan fingerprint density at radius 3 is 2.90 bits per heavy atom. The molecule has 1 aromatic carbocycles. The van der Waals surface area contributed by atoms with Crippen LogP contribution in [0, 0.1) is 6.92 Å². The molecular formula is C15H22N2O3. The quantitative estimate of drug-likeness (QED) is 0.752. The van der Waals surface area contributed by atoms with E-state index in [-0.39, 0.29) is 12.7 Å². The van der Waals surface area contributed by atoms with E-state index in [1.165, 1.54) is 0 Å². The second-order valence-electron chi connectivity index (χ2n) is 4.93. The molecule has 0 atom stereocenters. The predicted molar refractivity (Wildman–Crippen MR) is 79.3 cm³/mol. The summed E-state index contributed by atoms with van der Waals surface area (Å²) in [6, 6.07) is 5.91. The molecular weight excluding hydrogens is 256 g/mol. The monoisotopic (exact) mass is 278 g/mol. The van der Waals surface area contributed by atoms with Crippen molar-refractivity contribution in [1.29, 1.82) is 0 Å². The van der Waals surface area contributed by atoms with Gasteiger partial charge in [0.15, 0.2) is 0 Å². The minimum absolute atomic E-state index is 0.256. The first kappa shape index (κ1) is 14.7. The SMILES string of the molecule is Cc1c(NCCCCCO)cccc1N1CCOC1=O. The molecule has 2 N–H and O–H groups in total. The van der Waals surface area contributed by atoms with Crippen molar-refractivity contribution in [2.24, 2.45) is 0 Å². The highest BCUT2D eigenvalue weighted by atomic mass is 16.6. The molecule has 2 rings (SSSR count). The first-order chi connectivity index (χ1) is 9.74. The number of aliphatic hydroxyl groups excluding tert-OH is 1. The molecule has 0 radical (unpaired) electrons. The molecule has 0 spiro atoms. The van der Waals surface area contributed by atoms with Gasteiger partial charge in [-0.25, -0.2) is 4.79 Å². The molecule has 0 aliphatic carbocycles. The zero-order valence-corrected chi connectivity index (χ0v) is 11.9. The number of carbonyl (C=O) groups excluding carboxylic acids is 1. The van der Waals surface area contributed by atoms with Crippen LogP contribution in [0.2, 0.25) is 0 Å². The van der Waals surface area contributed by atoms with Crippen molar-refractivity contribution in [3.05, 3.63) is 23.8 Å². The molecule has 1 aromatic rings. The van der Waals surface area contributed by atoms with Crippen molar-refractivity contribution in [3.63, 3.8) is 0 Å². The first-order valence-corrected chi connectivity index (χ1v) is 7.12. The van der Waals surface area contributed by atoms with Crippen molar-refractivity contribution in [3.8, 4) is 0 Å². The lowest BCUT2D eigenvalue weighted by atomic mass is 10.1.